The maximum absolute atomic E-state index is 13.6. The predicted molar refractivity (Wildman–Crippen MR) is 150 cm³/mol. The van der Waals surface area contributed by atoms with Crippen LogP contribution in [0.5, 0.6) is 11.5 Å². The topological polar surface area (TPSA) is 117 Å². The first kappa shape index (κ1) is 31.1. The standard InChI is InChI=1S/C28H32ClF3N6O4/c1-33-26(39)24-14-20(6-7-35-24)42-19-4-2-18(3-5-19)17-36-27(40)37-23-15-21(28(30,31)32)22(29)16-25(23)41-13-12-38-10-8-34-9-11-38/h2-7,14,16,21,34H,8-13,15,17H2,1H3,(H,33,39)(H2,36,37,40). The number of hydrogen-bond donors (Lipinski definition) is 4. The summed E-state index contributed by atoms with van der Waals surface area (Å²) in [6, 6.07) is 9.26. The Bertz CT molecular complexity index is 1310. The molecule has 1 unspecified atom stereocenters. The van der Waals surface area contributed by atoms with Crippen LogP contribution in [0.25, 0.3) is 0 Å². The molecular formula is C28H32ClF3N6O4. The van der Waals surface area contributed by atoms with Gasteiger partial charge in [-0.25, -0.2) is 4.79 Å². The minimum absolute atomic E-state index is 0.0109. The molecule has 4 rings (SSSR count). The fourth-order valence-electron chi connectivity index (χ4n) is 4.35. The molecule has 14 heteroatoms. The number of nitrogens with one attached hydrogen (secondary N) is 4. The number of hydrogen-bond acceptors (Lipinski definition) is 7. The molecule has 0 saturated carbocycles. The quantitative estimate of drug-likeness (QED) is 0.324. The fraction of sp³-hybridized carbons (Fsp3) is 0.393. The van der Waals surface area contributed by atoms with E-state index in [2.05, 4.69) is 31.2 Å². The van der Waals surface area contributed by atoms with Gasteiger partial charge in [-0.2, -0.15) is 13.2 Å². The number of carbonyl (C=O) groups excluding carboxylic acids is 2. The van der Waals surface area contributed by atoms with Crippen LogP contribution >= 0.6 is 11.6 Å². The van der Waals surface area contributed by atoms with E-state index >= 15 is 0 Å². The molecule has 1 aromatic carbocycles. The summed E-state index contributed by atoms with van der Waals surface area (Å²) in [5.41, 5.74) is 0.943. The number of aromatic nitrogens is 1. The molecule has 0 bridgehead atoms. The second kappa shape index (κ2) is 14.4. The van der Waals surface area contributed by atoms with Gasteiger partial charge in [0.1, 0.15) is 29.6 Å². The van der Waals surface area contributed by atoms with Gasteiger partial charge < -0.3 is 30.7 Å². The molecule has 1 aliphatic heterocycles. The van der Waals surface area contributed by atoms with Crippen LogP contribution in [0.4, 0.5) is 18.0 Å². The zero-order valence-corrected chi connectivity index (χ0v) is 23.6. The van der Waals surface area contributed by atoms with Gasteiger partial charge in [0.2, 0.25) is 0 Å². The van der Waals surface area contributed by atoms with Crippen molar-refractivity contribution in [1.29, 1.82) is 0 Å². The lowest BCUT2D eigenvalue weighted by molar-refractivity contribution is -0.162. The number of amides is 3. The number of nitrogens with zero attached hydrogens (tertiary/aromatic N) is 2. The second-order valence-electron chi connectivity index (χ2n) is 9.62. The van der Waals surface area contributed by atoms with Crippen LogP contribution in [0, 0.1) is 5.92 Å². The highest BCUT2D eigenvalue weighted by Crippen LogP contribution is 2.41. The third kappa shape index (κ3) is 8.84. The lowest BCUT2D eigenvalue weighted by Crippen LogP contribution is -2.44. The van der Waals surface area contributed by atoms with Crippen molar-refractivity contribution in [3.63, 3.8) is 0 Å². The van der Waals surface area contributed by atoms with Crippen molar-refractivity contribution >= 4 is 23.5 Å². The van der Waals surface area contributed by atoms with Crippen molar-refractivity contribution in [2.45, 2.75) is 19.1 Å². The number of ether oxygens (including phenoxy) is 2. The Kier molecular flexibility index (Phi) is 10.7. The number of carbonyl (C=O) groups is 2. The minimum Gasteiger partial charge on any atom is -0.490 e. The van der Waals surface area contributed by atoms with Gasteiger partial charge >= 0.3 is 12.2 Å². The second-order valence-corrected chi connectivity index (χ2v) is 10.1. The highest BCUT2D eigenvalue weighted by Gasteiger charge is 2.44. The number of pyridine rings is 1. The summed E-state index contributed by atoms with van der Waals surface area (Å²) in [7, 11) is 1.50. The lowest BCUT2D eigenvalue weighted by atomic mass is 9.96. The van der Waals surface area contributed by atoms with Gasteiger partial charge in [-0.05, 0) is 29.8 Å². The molecule has 1 atom stereocenters. The van der Waals surface area contributed by atoms with Crippen LogP contribution in [0.1, 0.15) is 22.5 Å². The monoisotopic (exact) mass is 608 g/mol. The third-order valence-electron chi connectivity index (χ3n) is 6.65. The first-order chi connectivity index (χ1) is 20.1. The largest absolute Gasteiger partial charge is 0.490 e. The summed E-state index contributed by atoms with van der Waals surface area (Å²) in [5, 5.41) is 10.5. The number of urea groups is 1. The Balaban J connectivity index is 1.34. The molecule has 0 spiro atoms. The van der Waals surface area contributed by atoms with Gasteiger partial charge in [0.15, 0.2) is 0 Å². The minimum atomic E-state index is -4.58. The Hall–Kier alpha value is -3.81. The highest BCUT2D eigenvalue weighted by atomic mass is 35.5. The molecule has 1 fully saturated rings. The number of piperazine rings is 1. The van der Waals surface area contributed by atoms with E-state index in [4.69, 9.17) is 21.1 Å². The van der Waals surface area contributed by atoms with E-state index in [0.717, 1.165) is 37.8 Å². The van der Waals surface area contributed by atoms with E-state index in [-0.39, 0.29) is 41.2 Å². The molecule has 3 amide bonds. The number of alkyl halides is 3. The van der Waals surface area contributed by atoms with Crippen molar-refractivity contribution < 1.29 is 32.2 Å². The molecule has 2 aliphatic rings. The van der Waals surface area contributed by atoms with Gasteiger partial charge in [-0.3, -0.25) is 14.7 Å². The summed E-state index contributed by atoms with van der Waals surface area (Å²) in [4.78, 5) is 30.6. The summed E-state index contributed by atoms with van der Waals surface area (Å²) in [6.45, 7) is 4.34. The summed E-state index contributed by atoms with van der Waals surface area (Å²) >= 11 is 5.97. The van der Waals surface area contributed by atoms with Crippen molar-refractivity contribution in [3.8, 4) is 11.5 Å². The molecule has 4 N–H and O–H groups in total. The Morgan fingerprint density at radius 3 is 2.57 bits per heavy atom. The van der Waals surface area contributed by atoms with Gasteiger partial charge in [0.05, 0.1) is 11.6 Å². The Morgan fingerprint density at radius 2 is 1.88 bits per heavy atom. The molecular weight excluding hydrogens is 577 g/mol. The predicted octanol–water partition coefficient (Wildman–Crippen LogP) is 3.87. The van der Waals surface area contributed by atoms with Gasteiger partial charge in [0.25, 0.3) is 5.91 Å². The van der Waals surface area contributed by atoms with E-state index in [1.165, 1.54) is 19.3 Å². The summed E-state index contributed by atoms with van der Waals surface area (Å²) in [6.07, 6.45) is -2.52. The molecule has 1 saturated heterocycles. The van der Waals surface area contributed by atoms with E-state index < -0.39 is 24.5 Å². The molecule has 1 aliphatic carbocycles. The van der Waals surface area contributed by atoms with Crippen LogP contribution in [0.2, 0.25) is 0 Å². The van der Waals surface area contributed by atoms with Crippen molar-refractivity contribution in [3.05, 3.63) is 76.4 Å². The van der Waals surface area contributed by atoms with E-state index in [1.807, 2.05) is 0 Å². The maximum Gasteiger partial charge on any atom is 0.396 e. The average Bonchev–Trinajstić information content (AvgIpc) is 2.97. The van der Waals surface area contributed by atoms with Crippen LogP contribution in [-0.2, 0) is 11.3 Å². The van der Waals surface area contributed by atoms with Gasteiger partial charge in [-0.15, -0.1) is 0 Å². The summed E-state index contributed by atoms with van der Waals surface area (Å²) in [5.74, 6) is -1.25. The SMILES string of the molecule is CNC(=O)c1cc(Oc2ccc(CNC(=O)NC3=C(OCCN4CCNCC4)C=C(Cl)C(C(F)(F)F)C3)cc2)ccn1. The zero-order chi connectivity index (χ0) is 30.1. The molecule has 1 aromatic heterocycles. The highest BCUT2D eigenvalue weighted by molar-refractivity contribution is 6.30. The van der Waals surface area contributed by atoms with E-state index in [1.54, 1.807) is 30.3 Å². The van der Waals surface area contributed by atoms with Crippen LogP contribution < -0.4 is 26.0 Å². The molecule has 226 valence electrons. The number of rotatable bonds is 10. The van der Waals surface area contributed by atoms with Gasteiger partial charge in [-0.1, -0.05) is 23.7 Å². The number of halogens is 4. The van der Waals surface area contributed by atoms with E-state index in [9.17, 15) is 22.8 Å². The third-order valence-corrected chi connectivity index (χ3v) is 7.02. The first-order valence-corrected chi connectivity index (χ1v) is 13.7. The average molecular weight is 609 g/mol. The van der Waals surface area contributed by atoms with Crippen LogP contribution in [-0.4, -0.2) is 74.4 Å². The Labute approximate surface area is 246 Å². The lowest BCUT2D eigenvalue weighted by Gasteiger charge is -2.29. The number of allylic oxidation sites excluding steroid dienone is 3. The molecule has 10 nitrogen and oxygen atoms in total. The molecule has 0 radical (unpaired) electrons. The Morgan fingerprint density at radius 1 is 1.14 bits per heavy atom. The normalized spacial score (nSPS) is 17.7. The van der Waals surface area contributed by atoms with Crippen molar-refractivity contribution in [2.75, 3.05) is 46.4 Å². The van der Waals surface area contributed by atoms with Gasteiger partial charge in [0, 0.05) is 70.0 Å². The van der Waals surface area contributed by atoms with Crippen molar-refractivity contribution in [2.24, 2.45) is 5.92 Å². The molecule has 42 heavy (non-hydrogen) atoms. The maximum atomic E-state index is 13.6. The molecule has 2 heterocycles. The number of benzene rings is 1. The fourth-order valence-corrected chi connectivity index (χ4v) is 4.65. The summed E-state index contributed by atoms with van der Waals surface area (Å²) < 4.78 is 52.3. The zero-order valence-electron chi connectivity index (χ0n) is 22.9. The molecule has 2 aromatic rings. The van der Waals surface area contributed by atoms with E-state index in [0.29, 0.717) is 18.0 Å². The van der Waals surface area contributed by atoms with Crippen molar-refractivity contribution in [1.82, 2.24) is 31.2 Å². The smallest absolute Gasteiger partial charge is 0.396 e. The van der Waals surface area contributed by atoms with Crippen LogP contribution in [0.3, 0.4) is 0 Å². The van der Waals surface area contributed by atoms with Crippen LogP contribution in [0.15, 0.2) is 65.2 Å². The first-order valence-electron chi connectivity index (χ1n) is 13.3.